The molecule has 0 amide bonds. The van der Waals surface area contributed by atoms with Crippen molar-refractivity contribution in [2.75, 3.05) is 6.61 Å². The van der Waals surface area contributed by atoms with Crippen molar-refractivity contribution in [3.05, 3.63) is 12.7 Å². The van der Waals surface area contributed by atoms with Crippen molar-refractivity contribution in [2.24, 2.45) is 0 Å². The number of unbranched alkanes of at least 4 members (excludes halogenated alkanes) is 1. The van der Waals surface area contributed by atoms with Crippen LogP contribution in [0.25, 0.3) is 0 Å². The molecule has 0 heterocycles. The summed E-state index contributed by atoms with van der Waals surface area (Å²) in [5, 5.41) is 10.1. The van der Waals surface area contributed by atoms with Crippen molar-refractivity contribution in [3.63, 3.8) is 0 Å². The molecule has 0 aromatic heterocycles. The molecule has 2 heteroatoms. The average molecular weight is 198 g/mol. The third kappa shape index (κ3) is 3.43. The van der Waals surface area contributed by atoms with E-state index in [-0.39, 0.29) is 6.10 Å². The van der Waals surface area contributed by atoms with Crippen LogP contribution in [0.4, 0.5) is 0 Å². The summed E-state index contributed by atoms with van der Waals surface area (Å²) in [6, 6.07) is 0. The monoisotopic (exact) mass is 198 g/mol. The number of aliphatic hydroxyl groups is 1. The second-order valence-corrected chi connectivity index (χ2v) is 4.31. The molecular weight excluding hydrogens is 176 g/mol. The first-order valence-electron chi connectivity index (χ1n) is 5.65. The van der Waals surface area contributed by atoms with Crippen molar-refractivity contribution >= 4 is 0 Å². The minimum atomic E-state index is -0.529. The molecule has 0 saturated heterocycles. The molecular formula is C12H22O2. The van der Waals surface area contributed by atoms with Crippen LogP contribution >= 0.6 is 0 Å². The van der Waals surface area contributed by atoms with Gasteiger partial charge in [-0.3, -0.25) is 0 Å². The molecule has 1 aliphatic rings. The van der Waals surface area contributed by atoms with Crippen LogP contribution in [-0.4, -0.2) is 23.4 Å². The SMILES string of the molecule is C=CC[C@@]1(O)CC[C@H](OCCCC)C1. The molecule has 0 aromatic carbocycles. The minimum Gasteiger partial charge on any atom is -0.389 e. The summed E-state index contributed by atoms with van der Waals surface area (Å²) in [6.07, 6.45) is 7.69. The van der Waals surface area contributed by atoms with Crippen molar-refractivity contribution in [1.82, 2.24) is 0 Å². The third-order valence-corrected chi connectivity index (χ3v) is 2.92. The molecule has 1 saturated carbocycles. The molecule has 0 unspecified atom stereocenters. The first-order chi connectivity index (χ1) is 6.70. The molecule has 1 N–H and O–H groups in total. The van der Waals surface area contributed by atoms with E-state index in [4.69, 9.17) is 4.74 Å². The van der Waals surface area contributed by atoms with Crippen LogP contribution in [0.3, 0.4) is 0 Å². The van der Waals surface area contributed by atoms with E-state index >= 15 is 0 Å². The largest absolute Gasteiger partial charge is 0.389 e. The Morgan fingerprint density at radius 3 is 3.07 bits per heavy atom. The highest BCUT2D eigenvalue weighted by atomic mass is 16.5. The molecule has 82 valence electrons. The van der Waals surface area contributed by atoms with Crippen molar-refractivity contribution in [1.29, 1.82) is 0 Å². The quantitative estimate of drug-likeness (QED) is 0.525. The lowest BCUT2D eigenvalue weighted by molar-refractivity contribution is 0.00895. The smallest absolute Gasteiger partial charge is 0.0707 e. The van der Waals surface area contributed by atoms with Gasteiger partial charge in [0, 0.05) is 13.0 Å². The Bertz CT molecular complexity index is 179. The molecule has 14 heavy (non-hydrogen) atoms. The maximum absolute atomic E-state index is 10.1. The number of hydrogen-bond acceptors (Lipinski definition) is 2. The zero-order valence-electron chi connectivity index (χ0n) is 9.17. The van der Waals surface area contributed by atoms with Crippen LogP contribution in [0, 0.1) is 0 Å². The highest BCUT2D eigenvalue weighted by Crippen LogP contribution is 2.34. The molecule has 1 rings (SSSR count). The van der Waals surface area contributed by atoms with Gasteiger partial charge in [0.15, 0.2) is 0 Å². The molecule has 0 spiro atoms. The fourth-order valence-electron chi connectivity index (χ4n) is 2.05. The molecule has 2 nitrogen and oxygen atoms in total. The lowest BCUT2D eigenvalue weighted by Crippen LogP contribution is -2.25. The van der Waals surface area contributed by atoms with Gasteiger partial charge < -0.3 is 9.84 Å². The van der Waals surface area contributed by atoms with E-state index in [9.17, 15) is 5.11 Å². The van der Waals surface area contributed by atoms with Crippen LogP contribution in [-0.2, 0) is 4.74 Å². The lowest BCUT2D eigenvalue weighted by Gasteiger charge is -2.20. The van der Waals surface area contributed by atoms with Crippen molar-refractivity contribution < 1.29 is 9.84 Å². The maximum Gasteiger partial charge on any atom is 0.0707 e. The Labute approximate surface area is 87.0 Å². The first-order valence-corrected chi connectivity index (χ1v) is 5.65. The standard InChI is InChI=1S/C12H22O2/c1-3-5-9-14-11-6-8-12(13,10-11)7-4-2/h4,11,13H,2-3,5-10H2,1H3/t11-,12+/m0/s1. The number of rotatable bonds is 6. The summed E-state index contributed by atoms with van der Waals surface area (Å²) in [5.41, 5.74) is -0.529. The Kier molecular flexibility index (Phi) is 4.63. The van der Waals surface area contributed by atoms with Gasteiger partial charge in [-0.25, -0.2) is 0 Å². The predicted molar refractivity (Wildman–Crippen MR) is 58.3 cm³/mol. The summed E-state index contributed by atoms with van der Waals surface area (Å²) in [4.78, 5) is 0. The summed E-state index contributed by atoms with van der Waals surface area (Å²) < 4.78 is 5.69. The van der Waals surface area contributed by atoms with Crippen molar-refractivity contribution in [3.8, 4) is 0 Å². The van der Waals surface area contributed by atoms with Crippen LogP contribution in [0.5, 0.6) is 0 Å². The number of hydrogen-bond donors (Lipinski definition) is 1. The first kappa shape index (κ1) is 11.7. The van der Waals surface area contributed by atoms with Gasteiger partial charge in [-0.1, -0.05) is 19.4 Å². The summed E-state index contributed by atoms with van der Waals surface area (Å²) in [5.74, 6) is 0. The normalized spacial score (nSPS) is 32.0. The summed E-state index contributed by atoms with van der Waals surface area (Å²) in [7, 11) is 0. The third-order valence-electron chi connectivity index (χ3n) is 2.92. The molecule has 0 aromatic rings. The summed E-state index contributed by atoms with van der Waals surface area (Å²) >= 11 is 0. The molecule has 1 fully saturated rings. The lowest BCUT2D eigenvalue weighted by atomic mass is 9.98. The molecule has 2 atom stereocenters. The van der Waals surface area contributed by atoms with Crippen LogP contribution < -0.4 is 0 Å². The fraction of sp³-hybridized carbons (Fsp3) is 0.833. The fourth-order valence-corrected chi connectivity index (χ4v) is 2.05. The van der Waals surface area contributed by atoms with E-state index in [1.54, 1.807) is 6.08 Å². The van der Waals surface area contributed by atoms with Gasteiger partial charge in [0.05, 0.1) is 11.7 Å². The van der Waals surface area contributed by atoms with Gasteiger partial charge in [0.2, 0.25) is 0 Å². The van der Waals surface area contributed by atoms with E-state index in [2.05, 4.69) is 13.5 Å². The van der Waals surface area contributed by atoms with E-state index in [1.165, 1.54) is 6.42 Å². The van der Waals surface area contributed by atoms with Gasteiger partial charge in [-0.2, -0.15) is 0 Å². The van der Waals surface area contributed by atoms with Gasteiger partial charge >= 0.3 is 0 Å². The summed E-state index contributed by atoms with van der Waals surface area (Å²) in [6.45, 7) is 6.67. The molecule has 0 radical (unpaired) electrons. The Morgan fingerprint density at radius 2 is 2.43 bits per heavy atom. The van der Waals surface area contributed by atoms with Gasteiger partial charge in [0.25, 0.3) is 0 Å². The topological polar surface area (TPSA) is 29.5 Å². The molecule has 0 bridgehead atoms. The Hall–Kier alpha value is -0.340. The van der Waals surface area contributed by atoms with Gasteiger partial charge in [-0.15, -0.1) is 6.58 Å². The zero-order valence-corrected chi connectivity index (χ0v) is 9.17. The Morgan fingerprint density at radius 1 is 1.64 bits per heavy atom. The molecule has 0 aliphatic heterocycles. The van der Waals surface area contributed by atoms with E-state index in [0.717, 1.165) is 32.3 Å². The molecule has 1 aliphatic carbocycles. The predicted octanol–water partition coefficient (Wildman–Crippen LogP) is 2.66. The zero-order chi connectivity index (χ0) is 10.4. The van der Waals surface area contributed by atoms with Gasteiger partial charge in [-0.05, 0) is 25.7 Å². The highest BCUT2D eigenvalue weighted by molar-refractivity contribution is 4.94. The Balaban J connectivity index is 2.22. The highest BCUT2D eigenvalue weighted by Gasteiger charge is 2.36. The van der Waals surface area contributed by atoms with Crippen molar-refractivity contribution in [2.45, 2.75) is 57.2 Å². The van der Waals surface area contributed by atoms with Gasteiger partial charge in [0.1, 0.15) is 0 Å². The van der Waals surface area contributed by atoms with Crippen LogP contribution in [0.15, 0.2) is 12.7 Å². The maximum atomic E-state index is 10.1. The number of ether oxygens (including phenoxy) is 1. The second-order valence-electron chi connectivity index (χ2n) is 4.31. The van der Waals surface area contributed by atoms with Crippen LogP contribution in [0.1, 0.15) is 45.4 Å². The second kappa shape index (κ2) is 5.52. The van der Waals surface area contributed by atoms with Crippen LogP contribution in [0.2, 0.25) is 0 Å². The van der Waals surface area contributed by atoms with E-state index in [0.29, 0.717) is 6.42 Å². The average Bonchev–Trinajstić information content (AvgIpc) is 2.49. The minimum absolute atomic E-state index is 0.270. The van der Waals surface area contributed by atoms with E-state index in [1.807, 2.05) is 0 Å². The van der Waals surface area contributed by atoms with E-state index < -0.39 is 5.60 Å².